The lowest BCUT2D eigenvalue weighted by atomic mass is 9.97. The van der Waals surface area contributed by atoms with Gasteiger partial charge in [0.25, 0.3) is 5.91 Å². The Hall–Kier alpha value is -2.57. The number of likely N-dealkylation sites (tertiary alicyclic amines) is 1. The molecule has 0 saturated carbocycles. The summed E-state index contributed by atoms with van der Waals surface area (Å²) in [7, 11) is 0. The predicted molar refractivity (Wildman–Crippen MR) is 112 cm³/mol. The van der Waals surface area contributed by atoms with E-state index in [1.807, 2.05) is 58.0 Å². The highest BCUT2D eigenvalue weighted by Crippen LogP contribution is 2.21. The first-order valence-corrected chi connectivity index (χ1v) is 10.3. The van der Waals surface area contributed by atoms with Gasteiger partial charge in [0, 0.05) is 30.9 Å². The van der Waals surface area contributed by atoms with Crippen LogP contribution in [0.5, 0.6) is 0 Å². The molecule has 1 N–H and O–H groups in total. The number of anilines is 1. The molecule has 1 aromatic carbocycles. The molecule has 29 heavy (non-hydrogen) atoms. The summed E-state index contributed by atoms with van der Waals surface area (Å²) in [5.41, 5.74) is 0.742. The van der Waals surface area contributed by atoms with Gasteiger partial charge in [0.2, 0.25) is 0 Å². The lowest BCUT2D eigenvalue weighted by Crippen LogP contribution is -2.48. The molecule has 0 spiro atoms. The highest BCUT2D eigenvalue weighted by atomic mass is 16.5. The fourth-order valence-electron chi connectivity index (χ4n) is 3.68. The van der Waals surface area contributed by atoms with Gasteiger partial charge in [0.15, 0.2) is 6.10 Å². The van der Waals surface area contributed by atoms with Crippen molar-refractivity contribution in [1.82, 2.24) is 9.80 Å². The molecule has 2 rings (SSSR count). The van der Waals surface area contributed by atoms with E-state index in [4.69, 9.17) is 4.74 Å². The summed E-state index contributed by atoms with van der Waals surface area (Å²) in [5, 5.41) is 2.86. The highest BCUT2D eigenvalue weighted by Gasteiger charge is 2.32. The molecule has 1 fully saturated rings. The van der Waals surface area contributed by atoms with Gasteiger partial charge in [-0.2, -0.15) is 0 Å². The Morgan fingerprint density at radius 1 is 1.00 bits per heavy atom. The first-order chi connectivity index (χ1) is 13.7. The standard InChI is InChI=1S/C22H33N3O4/c1-15(2)25(16(3)4)20(26)17(5)29-21(27)18-11-13-24(14-12-18)22(28)23-19-9-7-6-8-10-19/h6-10,15-18H,11-14H2,1-5H3,(H,23,28)/t17-/m1/s1. The molecule has 1 heterocycles. The topological polar surface area (TPSA) is 79.0 Å². The van der Waals surface area contributed by atoms with Crippen LogP contribution in [0.4, 0.5) is 10.5 Å². The van der Waals surface area contributed by atoms with Crippen molar-refractivity contribution in [1.29, 1.82) is 0 Å². The van der Waals surface area contributed by atoms with Crippen LogP contribution in [0.3, 0.4) is 0 Å². The van der Waals surface area contributed by atoms with E-state index in [1.165, 1.54) is 0 Å². The minimum Gasteiger partial charge on any atom is -0.452 e. The number of benzene rings is 1. The van der Waals surface area contributed by atoms with Crippen LogP contribution in [0.1, 0.15) is 47.5 Å². The molecule has 1 saturated heterocycles. The lowest BCUT2D eigenvalue weighted by molar-refractivity contribution is -0.165. The number of ether oxygens (including phenoxy) is 1. The molecule has 1 aliphatic rings. The molecule has 0 aromatic heterocycles. The van der Waals surface area contributed by atoms with E-state index in [0.717, 1.165) is 5.69 Å². The Morgan fingerprint density at radius 3 is 2.07 bits per heavy atom. The maximum absolute atomic E-state index is 12.6. The summed E-state index contributed by atoms with van der Waals surface area (Å²) in [6.07, 6.45) is 0.242. The van der Waals surface area contributed by atoms with Crippen molar-refractivity contribution in [2.24, 2.45) is 5.92 Å². The average Bonchev–Trinajstić information content (AvgIpc) is 2.68. The van der Waals surface area contributed by atoms with Crippen molar-refractivity contribution < 1.29 is 19.1 Å². The SMILES string of the molecule is CC(C)N(C(=O)[C@@H](C)OC(=O)C1CCN(C(=O)Nc2ccccc2)CC1)C(C)C. The lowest BCUT2D eigenvalue weighted by Gasteiger charge is -2.34. The molecule has 1 atom stereocenters. The first-order valence-electron chi connectivity index (χ1n) is 10.3. The number of amides is 3. The Morgan fingerprint density at radius 2 is 1.55 bits per heavy atom. The molecular formula is C22H33N3O4. The molecule has 0 radical (unpaired) electrons. The second-order valence-electron chi connectivity index (χ2n) is 8.07. The third kappa shape index (κ3) is 6.21. The summed E-state index contributed by atoms with van der Waals surface area (Å²) < 4.78 is 5.48. The van der Waals surface area contributed by atoms with Crippen LogP contribution in [0.25, 0.3) is 0 Å². The molecule has 1 aromatic rings. The van der Waals surface area contributed by atoms with E-state index in [9.17, 15) is 14.4 Å². The van der Waals surface area contributed by atoms with Crippen molar-refractivity contribution in [3.05, 3.63) is 30.3 Å². The van der Waals surface area contributed by atoms with Crippen LogP contribution < -0.4 is 5.32 Å². The van der Waals surface area contributed by atoms with Gasteiger partial charge >= 0.3 is 12.0 Å². The van der Waals surface area contributed by atoms with Crippen molar-refractivity contribution in [2.45, 2.75) is 65.6 Å². The van der Waals surface area contributed by atoms with Crippen LogP contribution in [0.15, 0.2) is 30.3 Å². The van der Waals surface area contributed by atoms with Gasteiger partial charge in [-0.25, -0.2) is 4.79 Å². The summed E-state index contributed by atoms with van der Waals surface area (Å²) in [4.78, 5) is 41.0. The van der Waals surface area contributed by atoms with E-state index in [1.54, 1.807) is 16.7 Å². The van der Waals surface area contributed by atoms with E-state index < -0.39 is 6.10 Å². The average molecular weight is 404 g/mol. The number of para-hydroxylation sites is 1. The number of carbonyl (C=O) groups excluding carboxylic acids is 3. The number of nitrogens with zero attached hydrogens (tertiary/aromatic N) is 2. The van der Waals surface area contributed by atoms with Gasteiger partial charge in [0.05, 0.1) is 5.92 Å². The van der Waals surface area contributed by atoms with Crippen LogP contribution in [0.2, 0.25) is 0 Å². The molecule has 7 nitrogen and oxygen atoms in total. The van der Waals surface area contributed by atoms with E-state index in [-0.39, 0.29) is 35.9 Å². The number of urea groups is 1. The number of hydrogen-bond acceptors (Lipinski definition) is 4. The molecule has 0 unspecified atom stereocenters. The minimum absolute atomic E-state index is 0.0371. The monoisotopic (exact) mass is 403 g/mol. The van der Waals surface area contributed by atoms with Gasteiger partial charge in [-0.15, -0.1) is 0 Å². The number of esters is 1. The zero-order valence-corrected chi connectivity index (χ0v) is 18.1. The van der Waals surface area contributed by atoms with Gasteiger partial charge < -0.3 is 19.9 Å². The number of rotatable bonds is 6. The predicted octanol–water partition coefficient (Wildman–Crippen LogP) is 3.51. The summed E-state index contributed by atoms with van der Waals surface area (Å²) >= 11 is 0. The molecule has 0 aliphatic carbocycles. The van der Waals surface area contributed by atoms with Crippen molar-refractivity contribution >= 4 is 23.6 Å². The second kappa shape index (κ2) is 10.3. The van der Waals surface area contributed by atoms with Crippen molar-refractivity contribution in [3.8, 4) is 0 Å². The first kappa shape index (κ1) is 22.7. The maximum Gasteiger partial charge on any atom is 0.321 e. The quantitative estimate of drug-likeness (QED) is 0.737. The number of piperidine rings is 1. The third-order valence-corrected chi connectivity index (χ3v) is 5.15. The second-order valence-corrected chi connectivity index (χ2v) is 8.07. The van der Waals surface area contributed by atoms with Crippen LogP contribution >= 0.6 is 0 Å². The van der Waals surface area contributed by atoms with Crippen LogP contribution in [0, 0.1) is 5.92 Å². The van der Waals surface area contributed by atoms with Crippen LogP contribution in [-0.4, -0.2) is 59.0 Å². The number of nitrogens with one attached hydrogen (secondary N) is 1. The number of carbonyl (C=O) groups is 3. The maximum atomic E-state index is 12.6. The fourth-order valence-corrected chi connectivity index (χ4v) is 3.68. The summed E-state index contributed by atoms with van der Waals surface area (Å²) in [6.45, 7) is 10.4. The zero-order valence-electron chi connectivity index (χ0n) is 18.1. The smallest absolute Gasteiger partial charge is 0.321 e. The van der Waals surface area contributed by atoms with Gasteiger partial charge in [0.1, 0.15) is 0 Å². The van der Waals surface area contributed by atoms with E-state index in [0.29, 0.717) is 25.9 Å². The van der Waals surface area contributed by atoms with E-state index in [2.05, 4.69) is 5.32 Å². The normalized spacial score (nSPS) is 15.9. The Labute approximate surface area is 173 Å². The Kier molecular flexibility index (Phi) is 8.05. The summed E-state index contributed by atoms with van der Waals surface area (Å²) in [5.74, 6) is -0.831. The number of hydrogen-bond donors (Lipinski definition) is 1. The minimum atomic E-state index is -0.813. The zero-order chi connectivity index (χ0) is 21.6. The third-order valence-electron chi connectivity index (χ3n) is 5.15. The molecular weight excluding hydrogens is 370 g/mol. The van der Waals surface area contributed by atoms with Gasteiger partial charge in [-0.1, -0.05) is 18.2 Å². The van der Waals surface area contributed by atoms with E-state index >= 15 is 0 Å². The molecule has 0 bridgehead atoms. The molecule has 7 heteroatoms. The molecule has 3 amide bonds. The summed E-state index contributed by atoms with van der Waals surface area (Å²) in [6, 6.07) is 9.18. The van der Waals surface area contributed by atoms with Gasteiger partial charge in [-0.3, -0.25) is 9.59 Å². The molecule has 1 aliphatic heterocycles. The largest absolute Gasteiger partial charge is 0.452 e. The van der Waals surface area contributed by atoms with Crippen molar-refractivity contribution in [3.63, 3.8) is 0 Å². The van der Waals surface area contributed by atoms with Crippen LogP contribution in [-0.2, 0) is 14.3 Å². The Balaban J connectivity index is 1.83. The van der Waals surface area contributed by atoms with Crippen molar-refractivity contribution in [2.75, 3.05) is 18.4 Å². The fraction of sp³-hybridized carbons (Fsp3) is 0.591. The molecule has 160 valence electrons. The van der Waals surface area contributed by atoms with Gasteiger partial charge in [-0.05, 0) is 59.6 Å². The highest BCUT2D eigenvalue weighted by molar-refractivity contribution is 5.89. The Bertz CT molecular complexity index is 689.